The maximum Gasteiger partial charge on any atom is 0.271 e. The maximum absolute atomic E-state index is 12.5. The first-order chi connectivity index (χ1) is 12.5. The van der Waals surface area contributed by atoms with Crippen molar-refractivity contribution in [1.29, 1.82) is 0 Å². The fourth-order valence-corrected chi connectivity index (χ4v) is 5.33. The van der Waals surface area contributed by atoms with Crippen LogP contribution in [0.15, 0.2) is 44.4 Å². The van der Waals surface area contributed by atoms with Gasteiger partial charge in [0.2, 0.25) is 11.7 Å². The molecule has 0 amide bonds. The Balaban J connectivity index is 1.54. The molecule has 26 heavy (non-hydrogen) atoms. The maximum atomic E-state index is 12.5. The largest absolute Gasteiger partial charge is 0.339 e. The molecule has 1 fully saturated rings. The fraction of sp³-hybridized carbons (Fsp3) is 0.294. The van der Waals surface area contributed by atoms with Gasteiger partial charge in [-0.05, 0) is 43.2 Å². The highest BCUT2D eigenvalue weighted by molar-refractivity contribution is 7.94. The lowest BCUT2D eigenvalue weighted by Crippen LogP contribution is -2.11. The molecule has 0 atom stereocenters. The Morgan fingerprint density at radius 1 is 1.19 bits per heavy atom. The number of anilines is 1. The zero-order valence-corrected chi connectivity index (χ0v) is 16.1. The van der Waals surface area contributed by atoms with Gasteiger partial charge in [-0.1, -0.05) is 29.6 Å². The molecule has 9 heteroatoms. The summed E-state index contributed by atoms with van der Waals surface area (Å²) in [6, 6.07) is 8.04. The second kappa shape index (κ2) is 7.02. The Kier molecular flexibility index (Phi) is 4.73. The number of benzene rings is 1. The minimum atomic E-state index is -3.68. The Hall–Kier alpha value is -1.90. The van der Waals surface area contributed by atoms with Crippen molar-refractivity contribution in [3.05, 3.63) is 46.6 Å². The summed E-state index contributed by atoms with van der Waals surface area (Å²) in [5.41, 5.74) is 1.09. The number of aromatic nitrogens is 2. The van der Waals surface area contributed by atoms with Crippen molar-refractivity contribution in [1.82, 2.24) is 10.1 Å². The van der Waals surface area contributed by atoms with E-state index in [-0.39, 0.29) is 4.21 Å². The Labute approximate surface area is 160 Å². The van der Waals surface area contributed by atoms with Crippen LogP contribution in [0.5, 0.6) is 0 Å². The third-order valence-corrected chi connectivity index (χ3v) is 7.41. The number of sulfonamides is 1. The highest BCUT2D eigenvalue weighted by Gasteiger charge is 2.24. The lowest BCUT2D eigenvalue weighted by molar-refractivity contribution is 0.354. The number of nitrogens with zero attached hydrogens (tertiary/aromatic N) is 2. The SMILES string of the molecule is O=S(=O)(Nc1ccc(Cl)cc1)c1cc(-c2noc(C3CCCC3)n2)cs1. The molecule has 0 radical (unpaired) electrons. The van der Waals surface area contributed by atoms with Crippen LogP contribution in [0.1, 0.15) is 37.5 Å². The molecule has 0 unspecified atom stereocenters. The van der Waals surface area contributed by atoms with E-state index >= 15 is 0 Å². The summed E-state index contributed by atoms with van der Waals surface area (Å²) < 4.78 is 33.2. The molecule has 3 aromatic rings. The molecule has 4 rings (SSSR count). The van der Waals surface area contributed by atoms with Crippen LogP contribution in [0.4, 0.5) is 5.69 Å². The Bertz CT molecular complexity index is 1010. The topological polar surface area (TPSA) is 85.1 Å². The first-order valence-electron chi connectivity index (χ1n) is 8.22. The normalized spacial score (nSPS) is 15.4. The minimum Gasteiger partial charge on any atom is -0.339 e. The van der Waals surface area contributed by atoms with Gasteiger partial charge in [0.25, 0.3) is 10.0 Å². The van der Waals surface area contributed by atoms with Crippen molar-refractivity contribution in [3.8, 4) is 11.4 Å². The smallest absolute Gasteiger partial charge is 0.271 e. The molecular formula is C17H16ClN3O3S2. The number of thiophene rings is 1. The van der Waals surface area contributed by atoms with Gasteiger partial charge in [0.15, 0.2) is 0 Å². The van der Waals surface area contributed by atoms with Crippen LogP contribution >= 0.6 is 22.9 Å². The van der Waals surface area contributed by atoms with Gasteiger partial charge in [-0.2, -0.15) is 4.98 Å². The molecule has 0 saturated heterocycles. The molecule has 1 aliphatic carbocycles. The van der Waals surface area contributed by atoms with Crippen molar-refractivity contribution in [2.24, 2.45) is 0 Å². The second-order valence-corrected chi connectivity index (χ2v) is 9.46. The van der Waals surface area contributed by atoms with Crippen LogP contribution in [-0.2, 0) is 10.0 Å². The van der Waals surface area contributed by atoms with Gasteiger partial charge in [-0.3, -0.25) is 4.72 Å². The van der Waals surface area contributed by atoms with E-state index in [4.69, 9.17) is 16.1 Å². The predicted molar refractivity (Wildman–Crippen MR) is 101 cm³/mol. The molecule has 0 spiro atoms. The standard InChI is InChI=1S/C17H16ClN3O3S2/c18-13-5-7-14(8-6-13)21-26(22,23)15-9-12(10-25-15)16-19-17(24-20-16)11-3-1-2-4-11/h5-11,21H,1-4H2. The third kappa shape index (κ3) is 3.62. The zero-order valence-electron chi connectivity index (χ0n) is 13.7. The Morgan fingerprint density at radius 3 is 2.65 bits per heavy atom. The van der Waals surface area contributed by atoms with E-state index in [1.54, 1.807) is 35.7 Å². The van der Waals surface area contributed by atoms with Crippen LogP contribution in [0, 0.1) is 0 Å². The monoisotopic (exact) mass is 409 g/mol. The van der Waals surface area contributed by atoms with Crippen LogP contribution in [0.2, 0.25) is 5.02 Å². The summed E-state index contributed by atoms with van der Waals surface area (Å²) in [5.74, 6) is 1.40. The van der Waals surface area contributed by atoms with Gasteiger partial charge in [-0.25, -0.2) is 8.42 Å². The van der Waals surface area contributed by atoms with E-state index in [1.165, 1.54) is 12.8 Å². The lowest BCUT2D eigenvalue weighted by atomic mass is 10.1. The highest BCUT2D eigenvalue weighted by atomic mass is 35.5. The summed E-state index contributed by atoms with van der Waals surface area (Å²) in [6.45, 7) is 0. The van der Waals surface area contributed by atoms with Crippen molar-refractivity contribution in [2.45, 2.75) is 35.8 Å². The first kappa shape index (κ1) is 17.5. The summed E-state index contributed by atoms with van der Waals surface area (Å²) in [5, 5.41) is 6.28. The Morgan fingerprint density at radius 2 is 1.92 bits per heavy atom. The number of rotatable bonds is 5. The predicted octanol–water partition coefficient (Wildman–Crippen LogP) is 4.91. The van der Waals surface area contributed by atoms with Gasteiger partial charge in [-0.15, -0.1) is 11.3 Å². The zero-order chi connectivity index (χ0) is 18.1. The molecule has 2 aromatic heterocycles. The summed E-state index contributed by atoms with van der Waals surface area (Å²) in [4.78, 5) is 4.45. The van der Waals surface area contributed by atoms with Crippen LogP contribution in [0.25, 0.3) is 11.4 Å². The molecule has 0 bridgehead atoms. The molecule has 0 aliphatic heterocycles. The van der Waals surface area contributed by atoms with E-state index in [0.717, 1.165) is 24.2 Å². The van der Waals surface area contributed by atoms with E-state index < -0.39 is 10.0 Å². The summed E-state index contributed by atoms with van der Waals surface area (Å²) in [7, 11) is -3.68. The molecule has 1 aromatic carbocycles. The van der Waals surface area contributed by atoms with E-state index in [9.17, 15) is 8.42 Å². The third-order valence-electron chi connectivity index (χ3n) is 4.34. The van der Waals surface area contributed by atoms with Crippen molar-refractivity contribution in [2.75, 3.05) is 4.72 Å². The van der Waals surface area contributed by atoms with Gasteiger partial charge >= 0.3 is 0 Å². The van der Waals surface area contributed by atoms with Crippen molar-refractivity contribution in [3.63, 3.8) is 0 Å². The molecular weight excluding hydrogens is 394 g/mol. The number of nitrogens with one attached hydrogen (secondary N) is 1. The minimum absolute atomic E-state index is 0.190. The van der Waals surface area contributed by atoms with E-state index in [2.05, 4.69) is 14.9 Å². The summed E-state index contributed by atoms with van der Waals surface area (Å²) in [6.07, 6.45) is 4.49. The van der Waals surface area contributed by atoms with Crippen molar-refractivity contribution >= 4 is 38.6 Å². The first-order valence-corrected chi connectivity index (χ1v) is 11.0. The number of hydrogen-bond donors (Lipinski definition) is 1. The second-order valence-electron chi connectivity index (χ2n) is 6.20. The van der Waals surface area contributed by atoms with Gasteiger partial charge < -0.3 is 4.52 Å². The van der Waals surface area contributed by atoms with Crippen molar-refractivity contribution < 1.29 is 12.9 Å². The average Bonchev–Trinajstić information content (AvgIpc) is 3.36. The molecule has 6 nitrogen and oxygen atoms in total. The van der Waals surface area contributed by atoms with Crippen LogP contribution in [-0.4, -0.2) is 18.6 Å². The molecule has 1 aliphatic rings. The van der Waals surface area contributed by atoms with E-state index in [0.29, 0.717) is 33.9 Å². The fourth-order valence-electron chi connectivity index (χ4n) is 2.99. The van der Waals surface area contributed by atoms with Gasteiger partial charge in [0.05, 0.1) is 0 Å². The van der Waals surface area contributed by atoms with Crippen LogP contribution < -0.4 is 4.72 Å². The lowest BCUT2D eigenvalue weighted by Gasteiger charge is -2.05. The molecule has 2 heterocycles. The number of halogens is 1. The van der Waals surface area contributed by atoms with E-state index in [1.807, 2.05) is 0 Å². The molecule has 1 N–H and O–H groups in total. The molecule has 1 saturated carbocycles. The number of hydrogen-bond acceptors (Lipinski definition) is 6. The highest BCUT2D eigenvalue weighted by Crippen LogP contribution is 2.35. The molecule has 136 valence electrons. The van der Waals surface area contributed by atoms with Gasteiger partial charge in [0, 0.05) is 27.6 Å². The summed E-state index contributed by atoms with van der Waals surface area (Å²) >= 11 is 6.94. The van der Waals surface area contributed by atoms with Gasteiger partial charge in [0.1, 0.15) is 4.21 Å². The van der Waals surface area contributed by atoms with Crippen LogP contribution in [0.3, 0.4) is 0 Å². The average molecular weight is 410 g/mol. The quantitative estimate of drug-likeness (QED) is 0.647.